The Hall–Kier alpha value is -2.14. The number of hydrogen-bond donors (Lipinski definition) is 0. The molecule has 1 atom stereocenters. The summed E-state index contributed by atoms with van der Waals surface area (Å²) in [5, 5.41) is 0. The Balaban J connectivity index is 2.05. The molecule has 0 amide bonds. The van der Waals surface area contributed by atoms with Crippen molar-refractivity contribution in [3.63, 3.8) is 0 Å². The summed E-state index contributed by atoms with van der Waals surface area (Å²) < 4.78 is 10.8. The Bertz CT molecular complexity index is 703. The highest BCUT2D eigenvalue weighted by molar-refractivity contribution is 5.80. The molecule has 1 fully saturated rings. The van der Waals surface area contributed by atoms with Gasteiger partial charge in [-0.2, -0.15) is 0 Å². The summed E-state index contributed by atoms with van der Waals surface area (Å²) in [6.45, 7) is 5.95. The second-order valence-corrected chi connectivity index (χ2v) is 5.93. The van der Waals surface area contributed by atoms with Crippen LogP contribution in [0.3, 0.4) is 0 Å². The molecule has 0 N–H and O–H groups in total. The second-order valence-electron chi connectivity index (χ2n) is 5.93. The molecule has 0 aliphatic carbocycles. The van der Waals surface area contributed by atoms with Crippen molar-refractivity contribution in [2.24, 2.45) is 0 Å². The third-order valence-corrected chi connectivity index (χ3v) is 4.50. The number of aryl methyl sites for hydroxylation is 2. The van der Waals surface area contributed by atoms with Gasteiger partial charge in [-0.3, -0.25) is 0 Å². The fraction of sp³-hybridized carbons (Fsp3) is 0.444. The minimum atomic E-state index is 0.273. The van der Waals surface area contributed by atoms with E-state index >= 15 is 0 Å². The molecule has 0 radical (unpaired) electrons. The number of methoxy groups -OCH3 is 2. The van der Waals surface area contributed by atoms with Gasteiger partial charge in [0.1, 0.15) is 17.9 Å². The lowest BCUT2D eigenvalue weighted by Gasteiger charge is -2.22. The molecule has 1 aromatic carbocycles. The summed E-state index contributed by atoms with van der Waals surface area (Å²) in [6.07, 6.45) is 2.95. The normalized spacial score (nSPS) is 17.6. The molecule has 122 valence electrons. The van der Waals surface area contributed by atoms with Gasteiger partial charge in [0.05, 0.1) is 18.9 Å². The molecule has 2 heterocycles. The molecule has 23 heavy (non-hydrogen) atoms. The van der Waals surface area contributed by atoms with Crippen molar-refractivity contribution in [2.75, 3.05) is 32.2 Å². The number of anilines is 1. The van der Waals surface area contributed by atoms with E-state index in [1.165, 1.54) is 0 Å². The smallest absolute Gasteiger partial charge is 0.140 e. The average Bonchev–Trinajstić information content (AvgIpc) is 3.04. The highest BCUT2D eigenvalue weighted by atomic mass is 16.5. The van der Waals surface area contributed by atoms with Gasteiger partial charge >= 0.3 is 0 Å². The van der Waals surface area contributed by atoms with Crippen molar-refractivity contribution < 1.29 is 9.47 Å². The largest absolute Gasteiger partial charge is 0.497 e. The number of aromatic nitrogens is 2. The van der Waals surface area contributed by atoms with Crippen LogP contribution < -0.4 is 9.64 Å². The van der Waals surface area contributed by atoms with Gasteiger partial charge in [-0.15, -0.1) is 0 Å². The van der Waals surface area contributed by atoms with E-state index in [4.69, 9.17) is 9.47 Å². The minimum Gasteiger partial charge on any atom is -0.497 e. The van der Waals surface area contributed by atoms with Crippen LogP contribution in [0.5, 0.6) is 5.75 Å². The van der Waals surface area contributed by atoms with Crippen molar-refractivity contribution in [1.82, 2.24) is 9.97 Å². The summed E-state index contributed by atoms with van der Waals surface area (Å²) in [5.41, 5.74) is 4.40. The molecule has 2 aromatic rings. The first-order valence-corrected chi connectivity index (χ1v) is 7.88. The third kappa shape index (κ3) is 3.01. The maximum absolute atomic E-state index is 5.49. The molecule has 3 rings (SSSR count). The molecule has 1 aliphatic rings. The molecule has 0 saturated carbocycles. The van der Waals surface area contributed by atoms with E-state index < -0.39 is 0 Å². The molecular formula is C18H23N3O2. The number of benzene rings is 1. The van der Waals surface area contributed by atoms with E-state index in [0.717, 1.165) is 53.5 Å². The van der Waals surface area contributed by atoms with Crippen LogP contribution in [0.1, 0.15) is 17.7 Å². The maximum atomic E-state index is 5.49. The molecular weight excluding hydrogens is 290 g/mol. The van der Waals surface area contributed by atoms with E-state index in [-0.39, 0.29) is 6.10 Å². The van der Waals surface area contributed by atoms with Crippen LogP contribution in [0.4, 0.5) is 5.82 Å². The molecule has 5 nitrogen and oxygen atoms in total. The van der Waals surface area contributed by atoms with Gasteiger partial charge in [-0.25, -0.2) is 9.97 Å². The van der Waals surface area contributed by atoms with Crippen molar-refractivity contribution in [1.29, 1.82) is 0 Å². The summed E-state index contributed by atoms with van der Waals surface area (Å²) in [7, 11) is 3.46. The lowest BCUT2D eigenvalue weighted by atomic mass is 9.99. The van der Waals surface area contributed by atoms with Crippen LogP contribution in [0, 0.1) is 13.8 Å². The quantitative estimate of drug-likeness (QED) is 0.868. The zero-order valence-corrected chi connectivity index (χ0v) is 14.2. The van der Waals surface area contributed by atoms with Crippen LogP contribution in [0.2, 0.25) is 0 Å². The minimum absolute atomic E-state index is 0.273. The van der Waals surface area contributed by atoms with Gasteiger partial charge in [0.25, 0.3) is 0 Å². The van der Waals surface area contributed by atoms with Crippen molar-refractivity contribution in [2.45, 2.75) is 26.4 Å². The lowest BCUT2D eigenvalue weighted by Crippen LogP contribution is -2.24. The van der Waals surface area contributed by atoms with Crippen LogP contribution >= 0.6 is 0 Å². The van der Waals surface area contributed by atoms with E-state index in [1.807, 2.05) is 19.1 Å². The second kappa shape index (κ2) is 6.54. The molecule has 0 spiro atoms. The third-order valence-electron chi connectivity index (χ3n) is 4.50. The Kier molecular flexibility index (Phi) is 4.48. The highest BCUT2D eigenvalue weighted by Gasteiger charge is 2.26. The maximum Gasteiger partial charge on any atom is 0.140 e. The van der Waals surface area contributed by atoms with E-state index in [2.05, 4.69) is 27.9 Å². The molecule has 1 aliphatic heterocycles. The predicted molar refractivity (Wildman–Crippen MR) is 91.1 cm³/mol. The average molecular weight is 313 g/mol. The van der Waals surface area contributed by atoms with Gasteiger partial charge in [-0.1, -0.05) is 6.07 Å². The van der Waals surface area contributed by atoms with E-state index in [1.54, 1.807) is 20.5 Å². The highest BCUT2D eigenvalue weighted by Crippen LogP contribution is 2.36. The number of hydrogen-bond acceptors (Lipinski definition) is 5. The summed E-state index contributed by atoms with van der Waals surface area (Å²) in [6, 6.07) is 6.13. The molecule has 1 saturated heterocycles. The molecule has 0 bridgehead atoms. The zero-order valence-electron chi connectivity index (χ0n) is 14.2. The molecule has 0 unspecified atom stereocenters. The summed E-state index contributed by atoms with van der Waals surface area (Å²) in [4.78, 5) is 11.3. The number of rotatable bonds is 4. The van der Waals surface area contributed by atoms with Crippen LogP contribution in [0.25, 0.3) is 11.1 Å². The van der Waals surface area contributed by atoms with E-state index in [0.29, 0.717) is 0 Å². The lowest BCUT2D eigenvalue weighted by molar-refractivity contribution is 0.121. The van der Waals surface area contributed by atoms with Crippen molar-refractivity contribution in [3.8, 4) is 16.9 Å². The van der Waals surface area contributed by atoms with Crippen LogP contribution in [0.15, 0.2) is 24.5 Å². The van der Waals surface area contributed by atoms with Gasteiger partial charge in [-0.05, 0) is 43.5 Å². The predicted octanol–water partition coefficient (Wildman–Crippen LogP) is 2.99. The Labute approximate surface area is 137 Å². The fourth-order valence-electron chi connectivity index (χ4n) is 3.17. The van der Waals surface area contributed by atoms with Gasteiger partial charge in [0, 0.05) is 25.8 Å². The first kappa shape index (κ1) is 15.7. The standard InChI is InChI=1S/C18H23N3O2/c1-12-9-14(22-3)5-6-16(12)17-13(2)19-11-20-18(17)21-8-7-15(10-21)23-4/h5-6,9,11,15H,7-8,10H2,1-4H3/t15-/m0/s1. The van der Waals surface area contributed by atoms with Gasteiger partial charge in [0.15, 0.2) is 0 Å². The van der Waals surface area contributed by atoms with Gasteiger partial charge in [0.2, 0.25) is 0 Å². The zero-order chi connectivity index (χ0) is 16.4. The van der Waals surface area contributed by atoms with Crippen molar-refractivity contribution >= 4 is 5.82 Å². The number of nitrogens with zero attached hydrogens (tertiary/aromatic N) is 3. The Morgan fingerprint density at radius 2 is 2.00 bits per heavy atom. The Morgan fingerprint density at radius 1 is 1.17 bits per heavy atom. The van der Waals surface area contributed by atoms with Crippen molar-refractivity contribution in [3.05, 3.63) is 35.8 Å². The van der Waals surface area contributed by atoms with Crippen LogP contribution in [-0.4, -0.2) is 43.4 Å². The topological polar surface area (TPSA) is 47.5 Å². The Morgan fingerprint density at radius 3 is 2.65 bits per heavy atom. The SMILES string of the molecule is COc1ccc(-c2c(C)ncnc2N2CC[C@H](OC)C2)c(C)c1. The fourth-order valence-corrected chi connectivity index (χ4v) is 3.17. The first-order valence-electron chi connectivity index (χ1n) is 7.88. The summed E-state index contributed by atoms with van der Waals surface area (Å²) >= 11 is 0. The van der Waals surface area contributed by atoms with Crippen LogP contribution in [-0.2, 0) is 4.74 Å². The molecule has 1 aromatic heterocycles. The molecule has 5 heteroatoms. The first-order chi connectivity index (χ1) is 11.1. The number of ether oxygens (including phenoxy) is 2. The van der Waals surface area contributed by atoms with Gasteiger partial charge < -0.3 is 14.4 Å². The monoisotopic (exact) mass is 313 g/mol. The summed E-state index contributed by atoms with van der Waals surface area (Å²) in [5.74, 6) is 1.85. The van der Waals surface area contributed by atoms with E-state index in [9.17, 15) is 0 Å².